The highest BCUT2D eigenvalue weighted by Crippen LogP contribution is 2.40. The molecule has 1 fully saturated rings. The van der Waals surface area contributed by atoms with Crippen LogP contribution in [0.5, 0.6) is 5.88 Å². The number of nitrogens with one attached hydrogen (secondary N) is 2. The molecule has 2 atom stereocenters. The number of anilines is 2. The molecular formula is C33H32ClF3N8O5. The van der Waals surface area contributed by atoms with Gasteiger partial charge < -0.3 is 25.2 Å². The van der Waals surface area contributed by atoms with E-state index in [1.807, 2.05) is 0 Å². The van der Waals surface area contributed by atoms with Gasteiger partial charge in [-0.2, -0.15) is 13.2 Å². The average Bonchev–Trinajstić information content (AvgIpc) is 3.10. The smallest absolute Gasteiger partial charge is 0.451 e. The Morgan fingerprint density at radius 3 is 2.50 bits per heavy atom. The summed E-state index contributed by atoms with van der Waals surface area (Å²) in [5.74, 6) is -1.65. The van der Waals surface area contributed by atoms with Crippen LogP contribution >= 0.6 is 11.6 Å². The summed E-state index contributed by atoms with van der Waals surface area (Å²) in [5, 5.41) is 16.4. The summed E-state index contributed by atoms with van der Waals surface area (Å²) in [6.07, 6.45) is -3.37. The quantitative estimate of drug-likeness (QED) is 0.213. The molecule has 17 heteroatoms. The van der Waals surface area contributed by atoms with Crippen LogP contribution in [0, 0.1) is 6.92 Å². The molecule has 5 aromatic rings. The van der Waals surface area contributed by atoms with Gasteiger partial charge in [-0.1, -0.05) is 41.9 Å². The molecule has 0 bridgehead atoms. The van der Waals surface area contributed by atoms with Crippen LogP contribution in [0.1, 0.15) is 23.5 Å². The standard InChI is InChI=1S/C33H32ClF3N8O5/c1-16-17(7-6-10-20(16)40-27-25-28(43-31(42-27)33(35,36)37)44(2)32(48)45(3)30(25)47)18-8-5-9-19(26(18)34)22-13-39-23(29(41-22)49-4)14-38-21-11-12-50-15-24(21)46/h5-10,13,21,24,38,46H,11-12,14-15H2,1-4H3,(H,40,42,43)/t21-,24+/m0/s1. The number of benzene rings is 2. The van der Waals surface area contributed by atoms with Crippen LogP contribution in [-0.4, -0.2) is 66.6 Å². The van der Waals surface area contributed by atoms with E-state index in [-0.39, 0.29) is 23.9 Å². The number of hydrogen-bond acceptors (Lipinski definition) is 11. The van der Waals surface area contributed by atoms with Crippen LogP contribution in [-0.2, 0) is 31.6 Å². The monoisotopic (exact) mass is 712 g/mol. The Labute approximate surface area is 287 Å². The minimum atomic E-state index is -4.96. The highest BCUT2D eigenvalue weighted by atomic mass is 35.5. The van der Waals surface area contributed by atoms with E-state index in [4.69, 9.17) is 21.1 Å². The molecule has 6 rings (SSSR count). The van der Waals surface area contributed by atoms with Crippen LogP contribution in [0.2, 0.25) is 5.02 Å². The van der Waals surface area contributed by atoms with Crippen molar-refractivity contribution in [3.8, 4) is 28.3 Å². The first-order chi connectivity index (χ1) is 23.8. The Morgan fingerprint density at radius 1 is 1.06 bits per heavy atom. The van der Waals surface area contributed by atoms with E-state index < -0.39 is 40.8 Å². The van der Waals surface area contributed by atoms with Crippen molar-refractivity contribution in [2.45, 2.75) is 38.2 Å². The van der Waals surface area contributed by atoms with Gasteiger partial charge in [0.05, 0.1) is 36.7 Å². The molecule has 0 unspecified atom stereocenters. The minimum Gasteiger partial charge on any atom is -0.480 e. The van der Waals surface area contributed by atoms with Gasteiger partial charge in [0, 0.05) is 50.1 Å². The van der Waals surface area contributed by atoms with Crippen LogP contribution < -0.4 is 26.6 Å². The maximum absolute atomic E-state index is 13.9. The SMILES string of the molecule is COc1nc(-c2cccc(-c3cccc(Nc4nc(C(F)(F)F)nc5c4c(=O)n(C)c(=O)n5C)c3C)c2Cl)cnc1CN[C@H]1CCOC[C@H]1O. The van der Waals surface area contributed by atoms with Crippen LogP contribution in [0.3, 0.4) is 0 Å². The summed E-state index contributed by atoms with van der Waals surface area (Å²) in [6.45, 7) is 2.84. The van der Waals surface area contributed by atoms with Crippen LogP contribution in [0.25, 0.3) is 33.4 Å². The van der Waals surface area contributed by atoms with Crippen molar-refractivity contribution in [1.82, 2.24) is 34.4 Å². The fourth-order valence-electron chi connectivity index (χ4n) is 5.80. The number of aromatic nitrogens is 6. The van der Waals surface area contributed by atoms with Gasteiger partial charge in [0.2, 0.25) is 11.7 Å². The van der Waals surface area contributed by atoms with Crippen molar-refractivity contribution in [3.05, 3.63) is 85.5 Å². The topological polar surface area (TPSA) is 158 Å². The molecule has 0 aliphatic carbocycles. The third kappa shape index (κ3) is 6.54. The van der Waals surface area contributed by atoms with Crippen LogP contribution in [0.15, 0.2) is 52.2 Å². The summed E-state index contributed by atoms with van der Waals surface area (Å²) >= 11 is 6.99. The number of aliphatic hydroxyl groups is 1. The lowest BCUT2D eigenvalue weighted by atomic mass is 9.96. The van der Waals surface area contributed by atoms with E-state index >= 15 is 0 Å². The van der Waals surface area contributed by atoms with Crippen molar-refractivity contribution in [2.75, 3.05) is 25.6 Å². The Bertz CT molecular complexity index is 2230. The molecule has 262 valence electrons. The Morgan fingerprint density at radius 2 is 1.78 bits per heavy atom. The average molecular weight is 713 g/mol. The fourth-order valence-corrected chi connectivity index (χ4v) is 6.13. The third-order valence-corrected chi connectivity index (χ3v) is 8.98. The van der Waals surface area contributed by atoms with Gasteiger partial charge in [0.15, 0.2) is 5.65 Å². The van der Waals surface area contributed by atoms with E-state index in [2.05, 4.69) is 30.6 Å². The highest BCUT2D eigenvalue weighted by molar-refractivity contribution is 6.36. The first kappa shape index (κ1) is 34.9. The molecule has 0 radical (unpaired) electrons. The maximum atomic E-state index is 13.9. The van der Waals surface area contributed by atoms with Gasteiger partial charge in [0.1, 0.15) is 16.9 Å². The first-order valence-corrected chi connectivity index (χ1v) is 15.8. The number of hydrogen-bond donors (Lipinski definition) is 3. The largest absolute Gasteiger partial charge is 0.480 e. The zero-order valence-corrected chi connectivity index (χ0v) is 28.1. The van der Waals surface area contributed by atoms with Gasteiger partial charge in [-0.15, -0.1) is 0 Å². The Balaban J connectivity index is 1.36. The number of aliphatic hydroxyl groups excluding tert-OH is 1. The lowest BCUT2D eigenvalue weighted by molar-refractivity contribution is -0.144. The summed E-state index contributed by atoms with van der Waals surface area (Å²) in [4.78, 5) is 42.1. The zero-order chi connectivity index (χ0) is 35.9. The van der Waals surface area contributed by atoms with Crippen molar-refractivity contribution in [2.24, 2.45) is 14.1 Å². The number of aryl methyl sites for hydroxylation is 1. The molecule has 13 nitrogen and oxygen atoms in total. The molecule has 50 heavy (non-hydrogen) atoms. The molecule has 1 saturated heterocycles. The second kappa shape index (κ2) is 13.8. The summed E-state index contributed by atoms with van der Waals surface area (Å²) in [6, 6.07) is 10.3. The number of fused-ring (bicyclic) bond motifs is 1. The second-order valence-electron chi connectivity index (χ2n) is 11.7. The van der Waals surface area contributed by atoms with E-state index in [1.165, 1.54) is 21.2 Å². The Kier molecular flexibility index (Phi) is 9.63. The van der Waals surface area contributed by atoms with E-state index in [9.17, 15) is 27.9 Å². The first-order valence-electron chi connectivity index (χ1n) is 15.4. The number of rotatable bonds is 8. The van der Waals surface area contributed by atoms with E-state index in [1.54, 1.807) is 49.5 Å². The summed E-state index contributed by atoms with van der Waals surface area (Å²) < 4.78 is 54.0. The van der Waals surface area contributed by atoms with Gasteiger partial charge in [0.25, 0.3) is 5.56 Å². The summed E-state index contributed by atoms with van der Waals surface area (Å²) in [7, 11) is 3.93. The molecule has 1 aliphatic rings. The van der Waals surface area contributed by atoms with Crippen LogP contribution in [0.4, 0.5) is 24.7 Å². The predicted octanol–water partition coefficient (Wildman–Crippen LogP) is 4.12. The van der Waals surface area contributed by atoms with E-state index in [0.717, 1.165) is 9.13 Å². The van der Waals surface area contributed by atoms with Crippen molar-refractivity contribution in [3.63, 3.8) is 0 Å². The van der Waals surface area contributed by atoms with Gasteiger partial charge in [-0.25, -0.2) is 19.7 Å². The number of ether oxygens (including phenoxy) is 2. The van der Waals surface area contributed by atoms with Gasteiger partial charge in [-0.05, 0) is 30.5 Å². The number of alkyl halides is 3. The van der Waals surface area contributed by atoms with Crippen molar-refractivity contribution < 1.29 is 27.8 Å². The lowest BCUT2D eigenvalue weighted by Gasteiger charge is -2.28. The minimum absolute atomic E-state index is 0.159. The normalized spacial score (nSPS) is 16.5. The molecule has 3 aromatic heterocycles. The maximum Gasteiger partial charge on any atom is 0.451 e. The molecule has 0 spiro atoms. The van der Waals surface area contributed by atoms with Crippen molar-refractivity contribution in [1.29, 1.82) is 0 Å². The van der Waals surface area contributed by atoms with Crippen molar-refractivity contribution >= 4 is 34.1 Å². The zero-order valence-electron chi connectivity index (χ0n) is 27.3. The summed E-state index contributed by atoms with van der Waals surface area (Å²) in [5.41, 5.74) is 1.50. The predicted molar refractivity (Wildman–Crippen MR) is 180 cm³/mol. The number of methoxy groups -OCH3 is 1. The molecule has 2 aromatic carbocycles. The molecule has 3 N–H and O–H groups in total. The van der Waals surface area contributed by atoms with E-state index in [0.29, 0.717) is 63.9 Å². The fraction of sp³-hybridized carbons (Fsp3) is 0.333. The number of nitrogens with zero attached hydrogens (tertiary/aromatic N) is 6. The van der Waals surface area contributed by atoms with Gasteiger partial charge >= 0.3 is 11.9 Å². The molecule has 0 amide bonds. The number of halogens is 4. The Hall–Kier alpha value is -4.90. The third-order valence-electron chi connectivity index (χ3n) is 8.57. The second-order valence-corrected chi connectivity index (χ2v) is 12.1. The molecule has 4 heterocycles. The highest BCUT2D eigenvalue weighted by Gasteiger charge is 2.36. The van der Waals surface area contributed by atoms with Gasteiger partial charge in [-0.3, -0.25) is 18.9 Å². The molecule has 1 aliphatic heterocycles. The molecule has 0 saturated carbocycles. The lowest BCUT2D eigenvalue weighted by Crippen LogP contribution is -2.46. The molecular weight excluding hydrogens is 681 g/mol.